The summed E-state index contributed by atoms with van der Waals surface area (Å²) in [4.78, 5) is 13.4. The molecule has 0 aromatic carbocycles. The summed E-state index contributed by atoms with van der Waals surface area (Å²) in [5.74, 6) is 1.54. The second kappa shape index (κ2) is 7.32. The predicted octanol–water partition coefficient (Wildman–Crippen LogP) is 7.04. The molecule has 0 saturated heterocycles. The van der Waals surface area contributed by atoms with Crippen molar-refractivity contribution in [2.45, 2.75) is 102 Å². The molecule has 0 saturated carbocycles. The van der Waals surface area contributed by atoms with Crippen LogP contribution in [0.2, 0.25) is 0 Å². The third kappa shape index (κ3) is 6.74. The number of rotatable bonds is 3. The van der Waals surface area contributed by atoms with Crippen LogP contribution in [0.4, 0.5) is 0 Å². The molecule has 26 heavy (non-hydrogen) atoms. The number of ether oxygens (including phenoxy) is 1. The highest BCUT2D eigenvalue weighted by Crippen LogP contribution is 2.47. The first kappa shape index (κ1) is 23.2. The SMILES string of the molecule is CC(C)(C)CC(=O)C1C(CC(C)(C)C)OC(C(C)(C)C)=CC1C(C)(C)C. The fourth-order valence-electron chi connectivity index (χ4n) is 3.81. The summed E-state index contributed by atoms with van der Waals surface area (Å²) in [6.07, 6.45) is 3.72. The van der Waals surface area contributed by atoms with Gasteiger partial charge in [-0.15, -0.1) is 0 Å². The fourth-order valence-corrected chi connectivity index (χ4v) is 3.81. The highest BCUT2D eigenvalue weighted by molar-refractivity contribution is 5.83. The van der Waals surface area contributed by atoms with Crippen molar-refractivity contribution in [1.29, 1.82) is 0 Å². The van der Waals surface area contributed by atoms with E-state index in [1.807, 2.05) is 0 Å². The summed E-state index contributed by atoms with van der Waals surface area (Å²) in [6, 6.07) is 0. The average Bonchev–Trinajstić information content (AvgIpc) is 2.31. The van der Waals surface area contributed by atoms with Gasteiger partial charge in [0.25, 0.3) is 0 Å². The van der Waals surface area contributed by atoms with Crippen molar-refractivity contribution in [1.82, 2.24) is 0 Å². The molecule has 0 spiro atoms. The van der Waals surface area contributed by atoms with E-state index in [0.717, 1.165) is 12.2 Å². The normalized spacial score (nSPS) is 25.5. The first-order chi connectivity index (χ1) is 11.3. The molecule has 2 heteroatoms. The number of carbonyl (C=O) groups excluding carboxylic acids is 1. The molecule has 0 bridgehead atoms. The molecule has 0 aromatic heterocycles. The van der Waals surface area contributed by atoms with Gasteiger partial charge in [0.1, 0.15) is 11.9 Å². The second-order valence-electron chi connectivity index (χ2n) is 12.8. The van der Waals surface area contributed by atoms with Gasteiger partial charge in [0.05, 0.1) is 11.7 Å². The minimum absolute atomic E-state index is 0.000180. The number of hydrogen-bond acceptors (Lipinski definition) is 2. The van der Waals surface area contributed by atoms with Crippen molar-refractivity contribution < 1.29 is 9.53 Å². The highest BCUT2D eigenvalue weighted by Gasteiger charge is 2.47. The van der Waals surface area contributed by atoms with Crippen molar-refractivity contribution in [3.63, 3.8) is 0 Å². The Labute approximate surface area is 163 Å². The van der Waals surface area contributed by atoms with Gasteiger partial charge in [-0.1, -0.05) is 83.1 Å². The number of hydrogen-bond donors (Lipinski definition) is 0. The van der Waals surface area contributed by atoms with E-state index >= 15 is 0 Å². The molecule has 1 heterocycles. The Balaban J connectivity index is 3.43. The first-order valence-electron chi connectivity index (χ1n) is 10.2. The lowest BCUT2D eigenvalue weighted by Crippen LogP contribution is -2.47. The molecule has 0 fully saturated rings. The molecule has 1 aliphatic heterocycles. The molecule has 1 rings (SSSR count). The Morgan fingerprint density at radius 3 is 1.73 bits per heavy atom. The van der Waals surface area contributed by atoms with E-state index in [1.165, 1.54) is 0 Å². The fraction of sp³-hybridized carbons (Fsp3) is 0.875. The predicted molar refractivity (Wildman–Crippen MR) is 112 cm³/mol. The topological polar surface area (TPSA) is 26.3 Å². The number of carbonyl (C=O) groups is 1. The lowest BCUT2D eigenvalue weighted by molar-refractivity contribution is -0.137. The van der Waals surface area contributed by atoms with E-state index < -0.39 is 0 Å². The number of allylic oxidation sites excluding steroid dienone is 2. The van der Waals surface area contributed by atoms with Crippen LogP contribution in [-0.4, -0.2) is 11.9 Å². The minimum Gasteiger partial charge on any atom is -0.494 e. The Morgan fingerprint density at radius 1 is 0.885 bits per heavy atom. The molecule has 0 N–H and O–H groups in total. The molecule has 0 aromatic rings. The molecule has 3 unspecified atom stereocenters. The van der Waals surface area contributed by atoms with Gasteiger partial charge in [0.15, 0.2) is 0 Å². The molecule has 0 amide bonds. The second-order valence-corrected chi connectivity index (χ2v) is 12.8. The summed E-state index contributed by atoms with van der Waals surface area (Å²) < 4.78 is 6.54. The monoisotopic (exact) mass is 364 g/mol. The van der Waals surface area contributed by atoms with Crippen molar-refractivity contribution in [2.24, 2.45) is 33.5 Å². The maximum absolute atomic E-state index is 13.4. The average molecular weight is 365 g/mol. The van der Waals surface area contributed by atoms with Gasteiger partial charge in [0, 0.05) is 11.8 Å². The van der Waals surface area contributed by atoms with Gasteiger partial charge < -0.3 is 4.74 Å². The summed E-state index contributed by atoms with van der Waals surface area (Å²) in [5, 5.41) is 0. The molecular weight excluding hydrogens is 320 g/mol. The van der Waals surface area contributed by atoms with Crippen LogP contribution in [0.15, 0.2) is 11.8 Å². The molecule has 2 nitrogen and oxygen atoms in total. The number of ketones is 1. The smallest absolute Gasteiger partial charge is 0.140 e. The van der Waals surface area contributed by atoms with E-state index in [4.69, 9.17) is 4.74 Å². The summed E-state index contributed by atoms with van der Waals surface area (Å²) in [7, 11) is 0. The summed E-state index contributed by atoms with van der Waals surface area (Å²) in [5.41, 5.74) is 0.0970. The lowest BCUT2D eigenvalue weighted by atomic mass is 9.64. The Hall–Kier alpha value is -0.790. The van der Waals surface area contributed by atoms with E-state index in [-0.39, 0.29) is 39.6 Å². The minimum atomic E-state index is -0.0699. The molecular formula is C24H44O2. The molecule has 0 aliphatic carbocycles. The maximum Gasteiger partial charge on any atom is 0.140 e. The molecule has 3 atom stereocenters. The zero-order chi connectivity index (χ0) is 20.7. The third-order valence-corrected chi connectivity index (χ3v) is 5.03. The van der Waals surface area contributed by atoms with Crippen LogP contribution in [-0.2, 0) is 9.53 Å². The van der Waals surface area contributed by atoms with Crippen LogP contribution in [0, 0.1) is 33.5 Å². The van der Waals surface area contributed by atoms with Gasteiger partial charge in [-0.05, 0) is 34.7 Å². The highest BCUT2D eigenvalue weighted by atomic mass is 16.5. The van der Waals surface area contributed by atoms with Crippen LogP contribution in [0.25, 0.3) is 0 Å². The zero-order valence-electron chi connectivity index (χ0n) is 19.5. The van der Waals surface area contributed by atoms with E-state index in [0.29, 0.717) is 12.2 Å². The van der Waals surface area contributed by atoms with E-state index in [1.54, 1.807) is 0 Å². The van der Waals surface area contributed by atoms with Gasteiger partial charge in [0.2, 0.25) is 0 Å². The Morgan fingerprint density at radius 2 is 1.38 bits per heavy atom. The van der Waals surface area contributed by atoms with Gasteiger partial charge >= 0.3 is 0 Å². The van der Waals surface area contributed by atoms with Crippen LogP contribution in [0.1, 0.15) is 95.9 Å². The van der Waals surface area contributed by atoms with Crippen LogP contribution >= 0.6 is 0 Å². The Bertz CT molecular complexity index is 527. The Kier molecular flexibility index (Phi) is 6.55. The first-order valence-corrected chi connectivity index (χ1v) is 10.2. The van der Waals surface area contributed by atoms with Crippen LogP contribution < -0.4 is 0 Å². The van der Waals surface area contributed by atoms with E-state index in [2.05, 4.69) is 89.2 Å². The van der Waals surface area contributed by atoms with E-state index in [9.17, 15) is 4.79 Å². The van der Waals surface area contributed by atoms with Gasteiger partial charge in [-0.25, -0.2) is 0 Å². The molecule has 152 valence electrons. The lowest BCUT2D eigenvalue weighted by Gasteiger charge is -2.46. The van der Waals surface area contributed by atoms with Crippen molar-refractivity contribution in [2.75, 3.05) is 0 Å². The van der Waals surface area contributed by atoms with Crippen molar-refractivity contribution in [3.05, 3.63) is 11.8 Å². The molecule has 1 aliphatic rings. The van der Waals surface area contributed by atoms with Crippen molar-refractivity contribution >= 4 is 5.78 Å². The summed E-state index contributed by atoms with van der Waals surface area (Å²) in [6.45, 7) is 26.5. The quantitative estimate of drug-likeness (QED) is 0.537. The van der Waals surface area contributed by atoms with Crippen LogP contribution in [0.5, 0.6) is 0 Å². The third-order valence-electron chi connectivity index (χ3n) is 5.03. The largest absolute Gasteiger partial charge is 0.494 e. The van der Waals surface area contributed by atoms with Gasteiger partial charge in [-0.3, -0.25) is 4.79 Å². The van der Waals surface area contributed by atoms with Crippen molar-refractivity contribution in [3.8, 4) is 0 Å². The molecule has 0 radical (unpaired) electrons. The maximum atomic E-state index is 13.4. The zero-order valence-corrected chi connectivity index (χ0v) is 19.5. The number of Topliss-reactive ketones (excluding diaryl/α,β-unsaturated/α-hetero) is 1. The van der Waals surface area contributed by atoms with Gasteiger partial charge in [-0.2, -0.15) is 0 Å². The standard InChI is InChI=1S/C24H44O2/c1-21(2,3)14-17(25)20-16(23(7,8)9)13-19(24(10,11)12)26-18(20)15-22(4,5)6/h13,16,18,20H,14-15H2,1-12H3. The summed E-state index contributed by atoms with van der Waals surface area (Å²) >= 11 is 0. The van der Waals surface area contributed by atoms with Crippen LogP contribution in [0.3, 0.4) is 0 Å².